The molecule has 0 aromatic heterocycles. The van der Waals surface area contributed by atoms with Gasteiger partial charge in [0.2, 0.25) is 0 Å². The molecule has 2 aromatic carbocycles. The van der Waals surface area contributed by atoms with Crippen LogP contribution >= 0.6 is 15.9 Å². The lowest BCUT2D eigenvalue weighted by Crippen LogP contribution is -2.15. The van der Waals surface area contributed by atoms with Crippen molar-refractivity contribution in [2.45, 2.75) is 33.2 Å². The molecule has 0 aliphatic rings. The van der Waals surface area contributed by atoms with Crippen LogP contribution in [0, 0.1) is 20.8 Å². The van der Waals surface area contributed by atoms with Crippen molar-refractivity contribution in [2.75, 3.05) is 0 Å². The Labute approximate surface area is 124 Å². The quantitative estimate of drug-likeness (QED) is 0.878. The minimum absolute atomic E-state index is 0.0229. The summed E-state index contributed by atoms with van der Waals surface area (Å²) in [6, 6.07) is 12.8. The highest BCUT2D eigenvalue weighted by Crippen LogP contribution is 2.27. The van der Waals surface area contributed by atoms with Crippen LogP contribution in [0.25, 0.3) is 0 Å². The molecule has 0 amide bonds. The number of nitrogens with two attached hydrogens (primary N) is 1. The van der Waals surface area contributed by atoms with Crippen LogP contribution in [-0.2, 0) is 6.42 Å². The first-order valence-electron chi connectivity index (χ1n) is 6.55. The Morgan fingerprint density at radius 2 is 1.68 bits per heavy atom. The molecule has 19 heavy (non-hydrogen) atoms. The molecule has 0 fully saturated rings. The third-order valence-electron chi connectivity index (χ3n) is 3.62. The molecule has 0 bridgehead atoms. The van der Waals surface area contributed by atoms with Gasteiger partial charge in [0.15, 0.2) is 0 Å². The highest BCUT2D eigenvalue weighted by atomic mass is 79.9. The minimum atomic E-state index is 0.0229. The zero-order valence-electron chi connectivity index (χ0n) is 11.7. The molecule has 0 radical (unpaired) electrons. The Morgan fingerprint density at radius 1 is 1.05 bits per heavy atom. The van der Waals surface area contributed by atoms with E-state index < -0.39 is 0 Å². The first-order valence-corrected chi connectivity index (χ1v) is 7.35. The standard InChI is InChI=1S/C17H20BrN/c1-11-7-8-14(16(18)9-11)17(19)10-15-12(2)5-4-6-13(15)3/h4-9,17H,10,19H2,1-3H3. The summed E-state index contributed by atoms with van der Waals surface area (Å²) in [5, 5.41) is 0. The van der Waals surface area contributed by atoms with Gasteiger partial charge in [-0.2, -0.15) is 0 Å². The molecule has 1 nitrogen and oxygen atoms in total. The van der Waals surface area contributed by atoms with E-state index in [2.05, 4.69) is 73.1 Å². The van der Waals surface area contributed by atoms with Gasteiger partial charge in [-0.25, -0.2) is 0 Å². The van der Waals surface area contributed by atoms with E-state index in [1.165, 1.54) is 27.8 Å². The molecule has 2 heteroatoms. The first-order chi connectivity index (χ1) is 8.99. The fourth-order valence-corrected chi connectivity index (χ4v) is 3.22. The zero-order chi connectivity index (χ0) is 14.0. The number of rotatable bonds is 3. The van der Waals surface area contributed by atoms with E-state index in [1.54, 1.807) is 0 Å². The second-order valence-electron chi connectivity index (χ2n) is 5.21. The lowest BCUT2D eigenvalue weighted by Gasteiger charge is -2.17. The van der Waals surface area contributed by atoms with E-state index in [0.29, 0.717) is 0 Å². The SMILES string of the molecule is Cc1ccc(C(N)Cc2c(C)cccc2C)c(Br)c1. The Hall–Kier alpha value is -1.12. The van der Waals surface area contributed by atoms with Gasteiger partial charge < -0.3 is 5.73 Å². The number of hydrogen-bond acceptors (Lipinski definition) is 1. The maximum absolute atomic E-state index is 6.39. The predicted octanol–water partition coefficient (Wildman–Crippen LogP) is 4.62. The molecule has 0 saturated carbocycles. The highest BCUT2D eigenvalue weighted by molar-refractivity contribution is 9.10. The molecule has 0 spiro atoms. The lowest BCUT2D eigenvalue weighted by molar-refractivity contribution is 0.712. The van der Waals surface area contributed by atoms with Gasteiger partial charge in [0, 0.05) is 10.5 Å². The largest absolute Gasteiger partial charge is 0.324 e. The van der Waals surface area contributed by atoms with Crippen LogP contribution in [0.2, 0.25) is 0 Å². The molecule has 0 saturated heterocycles. The molecule has 0 aliphatic heterocycles. The second kappa shape index (κ2) is 5.89. The summed E-state index contributed by atoms with van der Waals surface area (Å²) in [6.45, 7) is 6.39. The van der Waals surface area contributed by atoms with Crippen LogP contribution < -0.4 is 5.73 Å². The summed E-state index contributed by atoms with van der Waals surface area (Å²) in [5.74, 6) is 0. The average molecular weight is 318 g/mol. The van der Waals surface area contributed by atoms with Crippen molar-refractivity contribution in [1.29, 1.82) is 0 Å². The maximum Gasteiger partial charge on any atom is 0.0347 e. The normalized spacial score (nSPS) is 12.5. The lowest BCUT2D eigenvalue weighted by atomic mass is 9.93. The van der Waals surface area contributed by atoms with E-state index in [9.17, 15) is 0 Å². The highest BCUT2D eigenvalue weighted by Gasteiger charge is 2.13. The van der Waals surface area contributed by atoms with Gasteiger partial charge in [-0.05, 0) is 61.1 Å². The Morgan fingerprint density at radius 3 is 2.26 bits per heavy atom. The number of aryl methyl sites for hydroxylation is 3. The van der Waals surface area contributed by atoms with Crippen molar-refractivity contribution in [3.8, 4) is 0 Å². The van der Waals surface area contributed by atoms with Gasteiger partial charge in [0.05, 0.1) is 0 Å². The molecule has 2 aromatic rings. The summed E-state index contributed by atoms with van der Waals surface area (Å²) in [4.78, 5) is 0. The molecule has 2 rings (SSSR count). The van der Waals surface area contributed by atoms with Gasteiger partial charge >= 0.3 is 0 Å². The van der Waals surface area contributed by atoms with E-state index in [1.807, 2.05) is 0 Å². The average Bonchev–Trinajstić information content (AvgIpc) is 2.33. The summed E-state index contributed by atoms with van der Waals surface area (Å²) in [7, 11) is 0. The van der Waals surface area contributed by atoms with Crippen LogP contribution in [0.15, 0.2) is 40.9 Å². The molecule has 0 heterocycles. The fourth-order valence-electron chi connectivity index (χ4n) is 2.43. The molecular weight excluding hydrogens is 298 g/mol. The number of benzene rings is 2. The van der Waals surface area contributed by atoms with Crippen LogP contribution in [0.1, 0.15) is 33.9 Å². The molecule has 0 aliphatic carbocycles. The van der Waals surface area contributed by atoms with Gasteiger partial charge in [-0.3, -0.25) is 0 Å². The van der Waals surface area contributed by atoms with Crippen molar-refractivity contribution in [3.05, 3.63) is 68.7 Å². The topological polar surface area (TPSA) is 26.0 Å². The smallest absolute Gasteiger partial charge is 0.0347 e. The number of hydrogen-bond donors (Lipinski definition) is 1. The summed E-state index contributed by atoms with van der Waals surface area (Å²) in [5.41, 5.74) is 12.8. The van der Waals surface area contributed by atoms with Crippen LogP contribution in [0.3, 0.4) is 0 Å². The third kappa shape index (κ3) is 3.26. The molecule has 100 valence electrons. The van der Waals surface area contributed by atoms with Gasteiger partial charge in [0.25, 0.3) is 0 Å². The van der Waals surface area contributed by atoms with Crippen molar-refractivity contribution in [3.63, 3.8) is 0 Å². The predicted molar refractivity (Wildman–Crippen MR) is 85.4 cm³/mol. The molecule has 2 N–H and O–H groups in total. The van der Waals surface area contributed by atoms with E-state index in [-0.39, 0.29) is 6.04 Å². The van der Waals surface area contributed by atoms with E-state index >= 15 is 0 Å². The first kappa shape index (κ1) is 14.3. The van der Waals surface area contributed by atoms with Gasteiger partial charge in [-0.15, -0.1) is 0 Å². The molecular formula is C17H20BrN. The van der Waals surface area contributed by atoms with E-state index in [0.717, 1.165) is 10.9 Å². The van der Waals surface area contributed by atoms with E-state index in [4.69, 9.17) is 5.73 Å². The Bertz CT molecular complexity index is 570. The minimum Gasteiger partial charge on any atom is -0.324 e. The van der Waals surface area contributed by atoms with Crippen LogP contribution in [0.5, 0.6) is 0 Å². The van der Waals surface area contributed by atoms with Gasteiger partial charge in [-0.1, -0.05) is 46.3 Å². The number of halogens is 1. The summed E-state index contributed by atoms with van der Waals surface area (Å²) >= 11 is 3.62. The monoisotopic (exact) mass is 317 g/mol. The fraction of sp³-hybridized carbons (Fsp3) is 0.294. The van der Waals surface area contributed by atoms with Gasteiger partial charge in [0.1, 0.15) is 0 Å². The van der Waals surface area contributed by atoms with Crippen molar-refractivity contribution < 1.29 is 0 Å². The molecule has 1 atom stereocenters. The Balaban J connectivity index is 2.28. The van der Waals surface area contributed by atoms with Crippen LogP contribution in [-0.4, -0.2) is 0 Å². The Kier molecular flexibility index (Phi) is 4.43. The van der Waals surface area contributed by atoms with Crippen molar-refractivity contribution in [1.82, 2.24) is 0 Å². The van der Waals surface area contributed by atoms with Crippen molar-refractivity contribution >= 4 is 15.9 Å². The van der Waals surface area contributed by atoms with Crippen LogP contribution in [0.4, 0.5) is 0 Å². The zero-order valence-corrected chi connectivity index (χ0v) is 13.3. The third-order valence-corrected chi connectivity index (χ3v) is 4.31. The summed E-state index contributed by atoms with van der Waals surface area (Å²) < 4.78 is 1.10. The maximum atomic E-state index is 6.39. The molecule has 1 unspecified atom stereocenters. The second-order valence-corrected chi connectivity index (χ2v) is 6.06. The van der Waals surface area contributed by atoms with Crippen molar-refractivity contribution in [2.24, 2.45) is 5.73 Å². The summed E-state index contributed by atoms with van der Waals surface area (Å²) in [6.07, 6.45) is 0.875.